The van der Waals surface area contributed by atoms with E-state index in [0.29, 0.717) is 0 Å². The van der Waals surface area contributed by atoms with E-state index in [1.54, 1.807) is 11.3 Å². The van der Waals surface area contributed by atoms with E-state index in [0.717, 1.165) is 61.1 Å². The number of fused-ring (bicyclic) bond motifs is 1. The number of aryl methyl sites for hydroxylation is 1. The first-order valence-corrected chi connectivity index (χ1v) is 14.1. The molecule has 0 unspecified atom stereocenters. The second kappa shape index (κ2) is 11.3. The summed E-state index contributed by atoms with van der Waals surface area (Å²) in [5, 5.41) is 4.12. The predicted molar refractivity (Wildman–Crippen MR) is 149 cm³/mol. The number of aliphatic imine (C=N–C) groups is 1. The first-order chi connectivity index (χ1) is 15.6. The quantitative estimate of drug-likeness (QED) is 0.212. The van der Waals surface area contributed by atoms with E-state index >= 15 is 0 Å². The molecule has 2 aliphatic rings. The average Bonchev–Trinajstić information content (AvgIpc) is 3.16. The number of ether oxygens (including phenoxy) is 1. The van der Waals surface area contributed by atoms with Crippen LogP contribution < -0.4 is 10.1 Å². The van der Waals surface area contributed by atoms with Crippen LogP contribution in [-0.2, 0) is 12.8 Å². The van der Waals surface area contributed by atoms with Crippen LogP contribution in [0.15, 0.2) is 17.1 Å². The van der Waals surface area contributed by atoms with Gasteiger partial charge in [0.2, 0.25) is 0 Å². The molecule has 32 heavy (non-hydrogen) atoms. The molecule has 2 aliphatic carbocycles. The molecule has 4 nitrogen and oxygen atoms in total. The SMILES string of the molecule is C#CCOc1c(I)cc(I)cc1C=Nc1sc2c(c1C(=O)NC1CCCCC1)CCCC2. The molecule has 168 valence electrons. The Morgan fingerprint density at radius 2 is 2.00 bits per heavy atom. The molecule has 0 aliphatic heterocycles. The summed E-state index contributed by atoms with van der Waals surface area (Å²) in [6.45, 7) is 0.208. The van der Waals surface area contributed by atoms with Crippen molar-refractivity contribution in [1.29, 1.82) is 0 Å². The van der Waals surface area contributed by atoms with Crippen LogP contribution in [0.2, 0.25) is 0 Å². The zero-order valence-electron chi connectivity index (χ0n) is 17.9. The number of hydrogen-bond donors (Lipinski definition) is 1. The average molecular weight is 672 g/mol. The van der Waals surface area contributed by atoms with Crippen LogP contribution in [0.1, 0.15) is 71.3 Å². The highest BCUT2D eigenvalue weighted by Gasteiger charge is 2.27. The number of carbonyl (C=O) groups excluding carboxylic acids is 1. The lowest BCUT2D eigenvalue weighted by Gasteiger charge is -2.23. The number of halogens is 2. The Bertz CT molecular complexity index is 1060. The van der Waals surface area contributed by atoms with Gasteiger partial charge in [-0.25, -0.2) is 4.99 Å². The minimum atomic E-state index is 0.0458. The summed E-state index contributed by atoms with van der Waals surface area (Å²) in [5.41, 5.74) is 2.88. The highest BCUT2D eigenvalue weighted by atomic mass is 127. The largest absolute Gasteiger partial charge is 0.479 e. The van der Waals surface area contributed by atoms with Crippen molar-refractivity contribution < 1.29 is 9.53 Å². The molecule has 1 saturated carbocycles. The lowest BCUT2D eigenvalue weighted by Crippen LogP contribution is -2.36. The fourth-order valence-corrected chi connectivity index (χ4v) is 7.73. The standard InChI is InChI=1S/C25H26I2N2O2S/c1-2-12-31-23-16(13-17(26)14-20(23)27)15-28-25-22(19-10-6-7-11-21(19)32-25)24(30)29-18-8-4-3-5-9-18/h1,13-15,18H,3-12H2,(H,29,30). The van der Waals surface area contributed by atoms with Crippen LogP contribution in [0.25, 0.3) is 0 Å². The topological polar surface area (TPSA) is 50.7 Å². The first kappa shape index (κ1) is 24.0. The van der Waals surface area contributed by atoms with Gasteiger partial charge in [-0.2, -0.15) is 0 Å². The summed E-state index contributed by atoms with van der Waals surface area (Å²) in [6.07, 6.45) is 17.4. The van der Waals surface area contributed by atoms with Crippen LogP contribution >= 0.6 is 56.5 Å². The summed E-state index contributed by atoms with van der Waals surface area (Å²) in [6, 6.07) is 4.37. The van der Waals surface area contributed by atoms with Crippen molar-refractivity contribution in [3.8, 4) is 18.1 Å². The van der Waals surface area contributed by atoms with Crippen molar-refractivity contribution in [2.75, 3.05) is 6.61 Å². The molecule has 2 aromatic rings. The van der Waals surface area contributed by atoms with Gasteiger partial charge in [0, 0.05) is 26.3 Å². The molecular weight excluding hydrogens is 646 g/mol. The van der Waals surface area contributed by atoms with Crippen molar-refractivity contribution in [2.24, 2.45) is 4.99 Å². The molecule has 1 fully saturated rings. The maximum absolute atomic E-state index is 13.4. The van der Waals surface area contributed by atoms with E-state index in [2.05, 4.69) is 62.5 Å². The molecule has 0 atom stereocenters. The molecule has 0 radical (unpaired) electrons. The summed E-state index contributed by atoms with van der Waals surface area (Å²) in [4.78, 5) is 19.5. The number of rotatable bonds is 6. The Hall–Kier alpha value is -1.12. The Morgan fingerprint density at radius 3 is 2.78 bits per heavy atom. The molecular formula is C25H26I2N2O2S. The zero-order valence-corrected chi connectivity index (χ0v) is 23.0. The minimum absolute atomic E-state index is 0.0458. The second-order valence-corrected chi connectivity index (χ2v) is 11.7. The number of thiophene rings is 1. The Labute approximate surface area is 221 Å². The lowest BCUT2D eigenvalue weighted by atomic mass is 9.93. The summed E-state index contributed by atoms with van der Waals surface area (Å²) >= 11 is 6.22. The van der Waals surface area contributed by atoms with Gasteiger partial charge in [-0.05, 0) is 101 Å². The monoisotopic (exact) mass is 672 g/mol. The number of carbonyl (C=O) groups is 1. The minimum Gasteiger partial charge on any atom is -0.479 e. The maximum Gasteiger partial charge on any atom is 0.254 e. The number of amides is 1. The molecule has 1 aromatic heterocycles. The number of terminal acetylenes is 1. The summed E-state index contributed by atoms with van der Waals surface area (Å²) in [5.74, 6) is 3.32. The van der Waals surface area contributed by atoms with Crippen molar-refractivity contribution in [3.63, 3.8) is 0 Å². The number of nitrogens with one attached hydrogen (secondary N) is 1. The fourth-order valence-electron chi connectivity index (χ4n) is 4.45. The van der Waals surface area contributed by atoms with E-state index in [1.165, 1.54) is 36.1 Å². The Morgan fingerprint density at radius 1 is 1.22 bits per heavy atom. The third kappa shape index (κ3) is 5.68. The van der Waals surface area contributed by atoms with Crippen molar-refractivity contribution >= 4 is 73.6 Å². The van der Waals surface area contributed by atoms with Gasteiger partial charge in [-0.1, -0.05) is 25.2 Å². The van der Waals surface area contributed by atoms with Gasteiger partial charge in [0.1, 0.15) is 17.4 Å². The molecule has 0 spiro atoms. The number of nitrogens with zero attached hydrogens (tertiary/aromatic N) is 1. The van der Waals surface area contributed by atoms with Crippen LogP contribution in [-0.4, -0.2) is 24.8 Å². The normalized spacial score (nSPS) is 16.5. The van der Waals surface area contributed by atoms with E-state index in [-0.39, 0.29) is 18.6 Å². The third-order valence-corrected chi connectivity index (χ3v) is 8.60. The van der Waals surface area contributed by atoms with Crippen molar-refractivity contribution in [1.82, 2.24) is 5.32 Å². The first-order valence-electron chi connectivity index (χ1n) is 11.1. The predicted octanol–water partition coefficient (Wildman–Crippen LogP) is 6.66. The van der Waals surface area contributed by atoms with Gasteiger partial charge >= 0.3 is 0 Å². The Kier molecular flexibility index (Phi) is 8.51. The Balaban J connectivity index is 1.67. The number of hydrogen-bond acceptors (Lipinski definition) is 4. The van der Waals surface area contributed by atoms with E-state index < -0.39 is 0 Å². The molecule has 1 aromatic carbocycles. The third-order valence-electron chi connectivity index (χ3n) is 5.98. The van der Waals surface area contributed by atoms with Crippen LogP contribution in [0.4, 0.5) is 5.00 Å². The smallest absolute Gasteiger partial charge is 0.254 e. The van der Waals surface area contributed by atoms with Crippen molar-refractivity contribution in [3.05, 3.63) is 40.8 Å². The maximum atomic E-state index is 13.4. The van der Waals surface area contributed by atoms with E-state index in [9.17, 15) is 4.79 Å². The highest BCUT2D eigenvalue weighted by Crippen LogP contribution is 2.40. The van der Waals surface area contributed by atoms with Crippen LogP contribution in [0, 0.1) is 19.5 Å². The summed E-state index contributed by atoms with van der Waals surface area (Å²) in [7, 11) is 0. The fraction of sp³-hybridized carbons (Fsp3) is 0.440. The van der Waals surface area contributed by atoms with Crippen LogP contribution in [0.3, 0.4) is 0 Å². The molecule has 1 heterocycles. The second-order valence-electron chi connectivity index (χ2n) is 8.26. The van der Waals surface area contributed by atoms with Gasteiger partial charge in [-0.3, -0.25) is 4.79 Å². The van der Waals surface area contributed by atoms with Gasteiger partial charge in [0.05, 0.1) is 9.13 Å². The molecule has 1 N–H and O–H groups in total. The lowest BCUT2D eigenvalue weighted by molar-refractivity contribution is 0.0927. The van der Waals surface area contributed by atoms with E-state index in [1.807, 2.05) is 12.3 Å². The van der Waals surface area contributed by atoms with Gasteiger partial charge in [0.25, 0.3) is 5.91 Å². The molecule has 4 rings (SSSR count). The summed E-state index contributed by atoms with van der Waals surface area (Å²) < 4.78 is 7.90. The van der Waals surface area contributed by atoms with Crippen LogP contribution in [0.5, 0.6) is 5.75 Å². The van der Waals surface area contributed by atoms with Gasteiger partial charge < -0.3 is 10.1 Å². The molecule has 1 amide bonds. The highest BCUT2D eigenvalue weighted by molar-refractivity contribution is 14.1. The molecule has 7 heteroatoms. The van der Waals surface area contributed by atoms with Crippen molar-refractivity contribution in [2.45, 2.75) is 63.8 Å². The number of benzene rings is 1. The van der Waals surface area contributed by atoms with E-state index in [4.69, 9.17) is 16.2 Å². The van der Waals surface area contributed by atoms with Gasteiger partial charge in [0.15, 0.2) is 0 Å². The zero-order chi connectivity index (χ0) is 22.5. The molecule has 0 saturated heterocycles. The molecule has 0 bridgehead atoms. The van der Waals surface area contributed by atoms with Gasteiger partial charge in [-0.15, -0.1) is 17.8 Å².